The maximum Gasteiger partial charge on any atom is 0.314 e. The summed E-state index contributed by atoms with van der Waals surface area (Å²) in [5, 5.41) is 0. The number of rotatable bonds is 5. The van der Waals surface area contributed by atoms with Gasteiger partial charge in [-0.2, -0.15) is 4.31 Å². The summed E-state index contributed by atoms with van der Waals surface area (Å²) in [6.07, 6.45) is 0.861. The quantitative estimate of drug-likeness (QED) is 0.504. The molecule has 1 saturated heterocycles. The average Bonchev–Trinajstić information content (AvgIpc) is 3.09. The second-order valence-corrected chi connectivity index (χ2v) is 10.4. The van der Waals surface area contributed by atoms with Crippen LogP contribution < -0.4 is 9.47 Å². The van der Waals surface area contributed by atoms with Gasteiger partial charge < -0.3 is 9.47 Å². The number of benzene rings is 1. The van der Waals surface area contributed by atoms with E-state index in [1.165, 1.54) is 22.8 Å². The van der Waals surface area contributed by atoms with Crippen molar-refractivity contribution in [1.29, 1.82) is 0 Å². The molecule has 0 spiro atoms. The fourth-order valence-corrected chi connectivity index (χ4v) is 6.42. The predicted octanol–water partition coefficient (Wildman–Crippen LogP) is 3.53. The van der Waals surface area contributed by atoms with Crippen molar-refractivity contribution in [2.24, 2.45) is 5.92 Å². The molecule has 0 amide bonds. The Labute approximate surface area is 164 Å². The molecule has 0 radical (unpaired) electrons. The number of hydrogen-bond acceptors (Lipinski definition) is 6. The van der Waals surface area contributed by atoms with Crippen LogP contribution in [0.5, 0.6) is 11.5 Å². The third-order valence-corrected chi connectivity index (χ3v) is 8.20. The monoisotopic (exact) mass is 459 g/mol. The van der Waals surface area contributed by atoms with Gasteiger partial charge in [0.25, 0.3) is 10.0 Å². The van der Waals surface area contributed by atoms with Crippen molar-refractivity contribution in [2.75, 3.05) is 20.2 Å². The van der Waals surface area contributed by atoms with Crippen LogP contribution in [0.4, 0.5) is 0 Å². The molecule has 0 aliphatic carbocycles. The van der Waals surface area contributed by atoms with E-state index in [0.29, 0.717) is 41.6 Å². The summed E-state index contributed by atoms with van der Waals surface area (Å²) in [5.74, 6) is 0.175. The first kappa shape index (κ1) is 19.3. The van der Waals surface area contributed by atoms with Crippen molar-refractivity contribution in [3.05, 3.63) is 40.2 Å². The molecule has 1 aromatic heterocycles. The Morgan fingerprint density at radius 1 is 1.15 bits per heavy atom. The minimum Gasteiger partial charge on any atom is -0.493 e. The van der Waals surface area contributed by atoms with E-state index < -0.39 is 10.0 Å². The number of carbonyl (C=O) groups is 1. The number of halogens is 1. The Bertz CT molecular complexity index is 888. The summed E-state index contributed by atoms with van der Waals surface area (Å²) in [4.78, 5) is 12.4. The highest BCUT2D eigenvalue weighted by atomic mass is 79.9. The smallest absolute Gasteiger partial charge is 0.314 e. The Balaban J connectivity index is 1.62. The summed E-state index contributed by atoms with van der Waals surface area (Å²) in [7, 11) is -2.00. The van der Waals surface area contributed by atoms with E-state index in [4.69, 9.17) is 9.47 Å². The minimum atomic E-state index is -3.51. The lowest BCUT2D eigenvalue weighted by molar-refractivity contribution is -0.140. The molecule has 1 fully saturated rings. The number of carbonyl (C=O) groups excluding carboxylic acids is 1. The first-order chi connectivity index (χ1) is 12.4. The molecular weight excluding hydrogens is 442 g/mol. The molecule has 140 valence electrons. The van der Waals surface area contributed by atoms with E-state index >= 15 is 0 Å². The van der Waals surface area contributed by atoms with Crippen molar-refractivity contribution in [2.45, 2.75) is 17.1 Å². The van der Waals surface area contributed by atoms with Crippen LogP contribution in [0.15, 0.2) is 44.4 Å². The number of ether oxygens (including phenoxy) is 2. The number of nitrogens with zero attached hydrogens (tertiary/aromatic N) is 1. The van der Waals surface area contributed by atoms with Gasteiger partial charge in [0.1, 0.15) is 4.21 Å². The van der Waals surface area contributed by atoms with Crippen LogP contribution in [-0.4, -0.2) is 38.9 Å². The van der Waals surface area contributed by atoms with Gasteiger partial charge in [0.05, 0.1) is 16.8 Å². The van der Waals surface area contributed by atoms with Crippen LogP contribution in [0.25, 0.3) is 0 Å². The predicted molar refractivity (Wildman–Crippen MR) is 102 cm³/mol. The molecule has 1 aliphatic heterocycles. The van der Waals surface area contributed by atoms with Crippen LogP contribution >= 0.6 is 27.3 Å². The van der Waals surface area contributed by atoms with Crippen molar-refractivity contribution in [1.82, 2.24) is 4.31 Å². The van der Waals surface area contributed by atoms with Crippen LogP contribution in [0.2, 0.25) is 0 Å². The third kappa shape index (κ3) is 4.11. The molecule has 0 N–H and O–H groups in total. The standard InChI is InChI=1S/C17H18BrNO5S2/c1-23-13-4-2-3-5-14(13)24-17(20)12-8-10-19(11-9-12)26(21,22)16-7-6-15(18)25-16/h2-7,12H,8-11H2,1H3. The Kier molecular flexibility index (Phi) is 6.01. The van der Waals surface area contributed by atoms with Gasteiger partial charge in [-0.15, -0.1) is 11.3 Å². The highest BCUT2D eigenvalue weighted by Gasteiger charge is 2.33. The van der Waals surface area contributed by atoms with Gasteiger partial charge in [0.15, 0.2) is 11.5 Å². The fourth-order valence-electron chi connectivity index (χ4n) is 2.79. The first-order valence-corrected chi connectivity index (χ1v) is 11.1. The van der Waals surface area contributed by atoms with E-state index in [1.807, 2.05) is 0 Å². The van der Waals surface area contributed by atoms with E-state index in [1.54, 1.807) is 36.4 Å². The van der Waals surface area contributed by atoms with Crippen LogP contribution in [0.3, 0.4) is 0 Å². The molecule has 1 aromatic carbocycles. The molecule has 0 saturated carbocycles. The topological polar surface area (TPSA) is 72.9 Å². The average molecular weight is 460 g/mol. The minimum absolute atomic E-state index is 0.295. The van der Waals surface area contributed by atoms with Gasteiger partial charge in [0.2, 0.25) is 0 Å². The number of piperidine rings is 1. The molecule has 3 rings (SSSR count). The van der Waals surface area contributed by atoms with Crippen LogP contribution in [0, 0.1) is 5.92 Å². The van der Waals surface area contributed by atoms with Gasteiger partial charge in [-0.05, 0) is 53.0 Å². The van der Waals surface area contributed by atoms with Gasteiger partial charge in [-0.25, -0.2) is 8.42 Å². The maximum absolute atomic E-state index is 12.6. The number of hydrogen-bond donors (Lipinski definition) is 0. The zero-order valence-corrected chi connectivity index (χ0v) is 17.3. The highest BCUT2D eigenvalue weighted by Crippen LogP contribution is 2.32. The van der Waals surface area contributed by atoms with E-state index in [-0.39, 0.29) is 11.9 Å². The van der Waals surface area contributed by atoms with Crippen molar-refractivity contribution in [3.63, 3.8) is 0 Å². The van der Waals surface area contributed by atoms with Crippen molar-refractivity contribution < 1.29 is 22.7 Å². The second-order valence-electron chi connectivity index (χ2n) is 5.81. The molecule has 0 bridgehead atoms. The van der Waals surface area contributed by atoms with E-state index in [2.05, 4.69) is 15.9 Å². The Morgan fingerprint density at radius 3 is 2.38 bits per heavy atom. The number of para-hydroxylation sites is 2. The number of sulfonamides is 1. The molecule has 2 heterocycles. The first-order valence-electron chi connectivity index (χ1n) is 8.02. The Hall–Kier alpha value is -1.42. The van der Waals surface area contributed by atoms with Crippen LogP contribution in [0.1, 0.15) is 12.8 Å². The normalized spacial score (nSPS) is 16.4. The molecule has 2 aromatic rings. The molecule has 0 unspecified atom stereocenters. The SMILES string of the molecule is COc1ccccc1OC(=O)C1CCN(S(=O)(=O)c2ccc(Br)s2)CC1. The lowest BCUT2D eigenvalue weighted by atomic mass is 9.98. The van der Waals surface area contributed by atoms with E-state index in [0.717, 1.165) is 3.79 Å². The van der Waals surface area contributed by atoms with Crippen molar-refractivity contribution in [3.8, 4) is 11.5 Å². The largest absolute Gasteiger partial charge is 0.493 e. The second kappa shape index (κ2) is 8.08. The zero-order chi connectivity index (χ0) is 18.7. The fraction of sp³-hybridized carbons (Fsp3) is 0.353. The highest BCUT2D eigenvalue weighted by molar-refractivity contribution is 9.11. The van der Waals surface area contributed by atoms with Gasteiger partial charge in [-0.3, -0.25) is 4.79 Å². The molecule has 0 atom stereocenters. The lowest BCUT2D eigenvalue weighted by Crippen LogP contribution is -2.40. The molecule has 6 nitrogen and oxygen atoms in total. The van der Waals surface area contributed by atoms with Crippen molar-refractivity contribution >= 4 is 43.3 Å². The number of esters is 1. The number of thiophene rings is 1. The Morgan fingerprint density at radius 2 is 1.81 bits per heavy atom. The van der Waals surface area contributed by atoms with Gasteiger partial charge in [-0.1, -0.05) is 12.1 Å². The van der Waals surface area contributed by atoms with E-state index in [9.17, 15) is 13.2 Å². The van der Waals surface area contributed by atoms with Crippen LogP contribution in [-0.2, 0) is 14.8 Å². The summed E-state index contributed by atoms with van der Waals surface area (Å²) in [6.45, 7) is 0.590. The molecule has 26 heavy (non-hydrogen) atoms. The summed E-state index contributed by atoms with van der Waals surface area (Å²) >= 11 is 4.47. The summed E-state index contributed by atoms with van der Waals surface area (Å²) in [5.41, 5.74) is 0. The summed E-state index contributed by atoms with van der Waals surface area (Å²) in [6, 6.07) is 10.3. The number of methoxy groups -OCH3 is 1. The molecule has 9 heteroatoms. The maximum atomic E-state index is 12.6. The zero-order valence-electron chi connectivity index (χ0n) is 14.1. The third-order valence-electron chi connectivity index (χ3n) is 4.21. The molecule has 1 aliphatic rings. The lowest BCUT2D eigenvalue weighted by Gasteiger charge is -2.29. The van der Waals surface area contributed by atoms with Gasteiger partial charge >= 0.3 is 5.97 Å². The summed E-state index contributed by atoms with van der Waals surface area (Å²) < 4.78 is 38.4. The molecular formula is C17H18BrNO5S2. The van der Waals surface area contributed by atoms with Gasteiger partial charge in [0, 0.05) is 13.1 Å².